The zero-order valence-corrected chi connectivity index (χ0v) is 19.9. The smallest absolute Gasteiger partial charge is 0.356 e. The summed E-state index contributed by atoms with van der Waals surface area (Å²) < 4.78 is 1.44. The fraction of sp³-hybridized carbons (Fsp3) is 0.0385. The first-order valence-corrected chi connectivity index (χ1v) is 11.4. The summed E-state index contributed by atoms with van der Waals surface area (Å²) in [4.78, 5) is 60.5. The number of para-hydroxylation sites is 1. The van der Waals surface area contributed by atoms with Gasteiger partial charge in [0.05, 0.1) is 23.6 Å². The quantitative estimate of drug-likeness (QED) is 0.235. The van der Waals surface area contributed by atoms with Gasteiger partial charge in [0.2, 0.25) is 5.65 Å². The molecule has 1 unspecified atom stereocenters. The zero-order valence-electron chi connectivity index (χ0n) is 19.9. The van der Waals surface area contributed by atoms with Crippen molar-refractivity contribution in [2.45, 2.75) is 6.04 Å². The largest absolute Gasteiger partial charge is 0.476 e. The van der Waals surface area contributed by atoms with Crippen molar-refractivity contribution in [3.8, 4) is 11.3 Å². The van der Waals surface area contributed by atoms with Gasteiger partial charge in [0, 0.05) is 29.8 Å². The highest BCUT2D eigenvalue weighted by Crippen LogP contribution is 2.41. The van der Waals surface area contributed by atoms with E-state index < -0.39 is 29.6 Å². The number of carboxylic acid groups (broad SMARTS) is 2. The fourth-order valence-electron chi connectivity index (χ4n) is 4.17. The van der Waals surface area contributed by atoms with E-state index in [4.69, 9.17) is 5.11 Å². The monoisotopic (exact) mass is 525 g/mol. The number of carbonyl (C=O) groups is 3. The molecule has 0 spiro atoms. The van der Waals surface area contributed by atoms with Gasteiger partial charge in [0.1, 0.15) is 0 Å². The molecule has 5 N–H and O–H groups in total. The van der Waals surface area contributed by atoms with Crippen LogP contribution in [0.5, 0.6) is 0 Å². The highest BCUT2D eigenvalue weighted by atomic mass is 16.4. The standard InChI is InChI=1S/C21H15N5O4.C5H4N2O2/c27-19-18-23-14(20(28)29)10-26(18)17-15(24-19)12-8-4-5-9-13(12)16(17)25-21(30)22-11-6-2-1-3-7-11;8-5(9)4-3-6-1-2-7-4/h1-10,16H,(H,24,27)(H,28,29)(H2,22,25,30);1-3H,(H,8,9). The number of urea groups is 1. The number of aromatic amines is 1. The van der Waals surface area contributed by atoms with E-state index >= 15 is 0 Å². The number of hydrogen-bond acceptors (Lipinski definition) is 7. The first kappa shape index (κ1) is 24.8. The number of nitrogens with one attached hydrogen (secondary N) is 3. The molecule has 2 amide bonds. The first-order chi connectivity index (χ1) is 18.8. The Hall–Kier alpha value is -5.85. The van der Waals surface area contributed by atoms with Crippen molar-refractivity contribution in [2.24, 2.45) is 0 Å². The molecule has 1 aliphatic carbocycles. The van der Waals surface area contributed by atoms with Gasteiger partial charge < -0.3 is 25.8 Å². The molecular formula is C26H19N7O6. The van der Waals surface area contributed by atoms with Gasteiger partial charge in [-0.25, -0.2) is 24.4 Å². The van der Waals surface area contributed by atoms with Crippen LogP contribution in [-0.4, -0.2) is 52.5 Å². The van der Waals surface area contributed by atoms with Crippen molar-refractivity contribution < 1.29 is 24.6 Å². The number of H-pyrrole nitrogens is 1. The molecule has 3 aromatic heterocycles. The molecule has 1 atom stereocenters. The topological polar surface area (TPSA) is 192 Å². The average molecular weight is 525 g/mol. The van der Waals surface area contributed by atoms with E-state index in [-0.39, 0.29) is 17.0 Å². The molecule has 0 fully saturated rings. The average Bonchev–Trinajstić information content (AvgIpc) is 3.51. The van der Waals surface area contributed by atoms with E-state index in [2.05, 4.69) is 30.6 Å². The van der Waals surface area contributed by atoms with E-state index in [9.17, 15) is 24.3 Å². The second-order valence-electron chi connectivity index (χ2n) is 8.22. The van der Waals surface area contributed by atoms with Crippen LogP contribution >= 0.6 is 0 Å². The van der Waals surface area contributed by atoms with Crippen LogP contribution in [0.1, 0.15) is 38.3 Å². The van der Waals surface area contributed by atoms with E-state index in [1.165, 1.54) is 29.2 Å². The molecule has 0 bridgehead atoms. The Morgan fingerprint density at radius 3 is 2.31 bits per heavy atom. The lowest BCUT2D eigenvalue weighted by Gasteiger charge is -2.17. The second kappa shape index (κ2) is 10.3. The van der Waals surface area contributed by atoms with Crippen molar-refractivity contribution in [2.75, 3.05) is 5.32 Å². The normalized spacial score (nSPS) is 13.0. The number of benzene rings is 2. The molecule has 1 aliphatic rings. The lowest BCUT2D eigenvalue weighted by Crippen LogP contribution is -2.33. The lowest BCUT2D eigenvalue weighted by molar-refractivity contribution is 0.0680. The number of anilines is 1. The van der Waals surface area contributed by atoms with Gasteiger partial charge in [-0.05, 0) is 17.7 Å². The summed E-state index contributed by atoms with van der Waals surface area (Å²) in [6, 6.07) is 15.3. The Labute approximate surface area is 218 Å². The molecule has 2 aromatic carbocycles. The summed E-state index contributed by atoms with van der Waals surface area (Å²) in [6.07, 6.45) is 5.25. The molecule has 5 aromatic rings. The number of amides is 2. The van der Waals surface area contributed by atoms with E-state index in [0.717, 1.165) is 11.1 Å². The Kier molecular flexibility index (Phi) is 6.53. The Bertz CT molecular complexity index is 1770. The number of nitrogens with zero attached hydrogens (tertiary/aromatic N) is 4. The van der Waals surface area contributed by atoms with Crippen molar-refractivity contribution in [3.05, 3.63) is 112 Å². The number of rotatable bonds is 4. The molecular weight excluding hydrogens is 506 g/mol. The summed E-state index contributed by atoms with van der Waals surface area (Å²) in [5, 5.41) is 23.3. The summed E-state index contributed by atoms with van der Waals surface area (Å²) in [6.45, 7) is 0. The molecule has 13 heteroatoms. The summed E-state index contributed by atoms with van der Waals surface area (Å²) in [5.74, 6) is -2.29. The predicted molar refractivity (Wildman–Crippen MR) is 138 cm³/mol. The maximum absolute atomic E-state index is 12.7. The van der Waals surface area contributed by atoms with Gasteiger partial charge in [-0.15, -0.1) is 0 Å². The van der Waals surface area contributed by atoms with Crippen LogP contribution < -0.4 is 16.2 Å². The molecule has 6 rings (SSSR count). The third-order valence-corrected chi connectivity index (χ3v) is 5.79. The number of imidazole rings is 1. The van der Waals surface area contributed by atoms with Crippen LogP contribution in [0.3, 0.4) is 0 Å². The van der Waals surface area contributed by atoms with Gasteiger partial charge >= 0.3 is 18.0 Å². The number of aromatic nitrogens is 5. The SMILES string of the molecule is O=C(Nc1ccccc1)NC1c2ccccc2-c2[nH]c(=O)c3nc(C(=O)O)cn3c21.O=C(O)c1cnccn1. The number of hydrogen-bond donors (Lipinski definition) is 5. The van der Waals surface area contributed by atoms with Gasteiger partial charge in [0.15, 0.2) is 11.4 Å². The highest BCUT2D eigenvalue weighted by Gasteiger charge is 2.34. The molecule has 0 saturated heterocycles. The molecule has 194 valence electrons. The van der Waals surface area contributed by atoms with Crippen LogP contribution in [0.25, 0.3) is 16.9 Å². The highest BCUT2D eigenvalue weighted by molar-refractivity contribution is 5.91. The van der Waals surface area contributed by atoms with Gasteiger partial charge in [-0.3, -0.25) is 14.2 Å². The van der Waals surface area contributed by atoms with Gasteiger partial charge in [0.25, 0.3) is 5.56 Å². The van der Waals surface area contributed by atoms with Crippen LogP contribution in [0, 0.1) is 0 Å². The number of carbonyl (C=O) groups excluding carboxylic acids is 1. The summed E-state index contributed by atoms with van der Waals surface area (Å²) in [7, 11) is 0. The lowest BCUT2D eigenvalue weighted by atomic mass is 10.1. The maximum atomic E-state index is 12.7. The summed E-state index contributed by atoms with van der Waals surface area (Å²) >= 11 is 0. The summed E-state index contributed by atoms with van der Waals surface area (Å²) in [5.41, 5.74) is 2.38. The molecule has 13 nitrogen and oxygen atoms in total. The molecule has 0 aliphatic heterocycles. The van der Waals surface area contributed by atoms with Crippen LogP contribution in [0.15, 0.2) is 84.2 Å². The minimum atomic E-state index is -1.24. The minimum Gasteiger partial charge on any atom is -0.476 e. The van der Waals surface area contributed by atoms with E-state index in [0.29, 0.717) is 17.1 Å². The number of carboxylic acids is 2. The maximum Gasteiger partial charge on any atom is 0.356 e. The third-order valence-electron chi connectivity index (χ3n) is 5.79. The first-order valence-electron chi connectivity index (χ1n) is 11.4. The van der Waals surface area contributed by atoms with Crippen LogP contribution in [0.4, 0.5) is 10.5 Å². The van der Waals surface area contributed by atoms with Crippen molar-refractivity contribution >= 4 is 29.3 Å². The van der Waals surface area contributed by atoms with Crippen molar-refractivity contribution in [1.29, 1.82) is 0 Å². The van der Waals surface area contributed by atoms with Crippen molar-refractivity contribution in [1.82, 2.24) is 29.7 Å². The molecule has 3 heterocycles. The van der Waals surface area contributed by atoms with E-state index in [1.807, 2.05) is 42.5 Å². The third kappa shape index (κ3) is 4.91. The minimum absolute atomic E-state index is 0.0301. The Balaban J connectivity index is 0.000000292. The van der Waals surface area contributed by atoms with Crippen LogP contribution in [0.2, 0.25) is 0 Å². The fourth-order valence-corrected chi connectivity index (χ4v) is 4.17. The second-order valence-corrected chi connectivity index (χ2v) is 8.22. The van der Waals surface area contributed by atoms with Gasteiger partial charge in [-0.1, -0.05) is 42.5 Å². The Morgan fingerprint density at radius 2 is 1.64 bits per heavy atom. The number of fused-ring (bicyclic) bond motifs is 5. The van der Waals surface area contributed by atoms with Crippen molar-refractivity contribution in [3.63, 3.8) is 0 Å². The van der Waals surface area contributed by atoms with E-state index in [1.54, 1.807) is 12.1 Å². The zero-order chi connectivity index (χ0) is 27.5. The number of aromatic carboxylic acids is 2. The van der Waals surface area contributed by atoms with Gasteiger partial charge in [-0.2, -0.15) is 0 Å². The predicted octanol–water partition coefficient (Wildman–Crippen LogP) is 2.79. The Morgan fingerprint density at radius 1 is 0.923 bits per heavy atom. The molecule has 39 heavy (non-hydrogen) atoms. The van der Waals surface area contributed by atoms with Crippen LogP contribution in [-0.2, 0) is 0 Å². The molecule has 0 radical (unpaired) electrons. The molecule has 0 saturated carbocycles.